The summed E-state index contributed by atoms with van der Waals surface area (Å²) in [4.78, 5) is 25.9. The largest absolute Gasteiger partial charge is 0.321 e. The lowest BCUT2D eigenvalue weighted by Gasteiger charge is -2.12. The van der Waals surface area contributed by atoms with Crippen LogP contribution in [-0.4, -0.2) is 25.2 Å². The van der Waals surface area contributed by atoms with Crippen molar-refractivity contribution < 1.29 is 4.79 Å². The third kappa shape index (κ3) is 3.91. The van der Waals surface area contributed by atoms with Gasteiger partial charge in [-0.15, -0.1) is 10.2 Å². The molecule has 2 aromatic heterocycles. The molecular weight excluding hydrogens is 378 g/mol. The zero-order valence-electron chi connectivity index (χ0n) is 16.7. The molecule has 0 atom stereocenters. The summed E-state index contributed by atoms with van der Waals surface area (Å²) in [6.07, 6.45) is 3.28. The van der Waals surface area contributed by atoms with E-state index in [1.54, 1.807) is 29.2 Å². The van der Waals surface area contributed by atoms with Gasteiger partial charge in [0.2, 0.25) is 0 Å². The molecule has 1 N–H and O–H groups in total. The Labute approximate surface area is 173 Å². The van der Waals surface area contributed by atoms with Crippen molar-refractivity contribution in [1.82, 2.24) is 19.3 Å². The van der Waals surface area contributed by atoms with E-state index in [0.717, 1.165) is 16.7 Å². The molecule has 0 aliphatic rings. The van der Waals surface area contributed by atoms with Crippen molar-refractivity contribution in [3.05, 3.63) is 100 Å². The van der Waals surface area contributed by atoms with Crippen molar-refractivity contribution in [3.63, 3.8) is 0 Å². The van der Waals surface area contributed by atoms with Crippen LogP contribution < -0.4 is 10.9 Å². The summed E-state index contributed by atoms with van der Waals surface area (Å²) in [5.74, 6) is 0.157. The van der Waals surface area contributed by atoms with E-state index in [-0.39, 0.29) is 11.1 Å². The zero-order valence-corrected chi connectivity index (χ0v) is 16.7. The first kappa shape index (κ1) is 19.3. The van der Waals surface area contributed by atoms with Crippen LogP contribution in [0.1, 0.15) is 21.5 Å². The molecule has 0 spiro atoms. The summed E-state index contributed by atoms with van der Waals surface area (Å²) in [5.41, 5.74) is 3.15. The lowest BCUT2D eigenvalue weighted by atomic mass is 10.1. The first-order valence-corrected chi connectivity index (χ1v) is 9.52. The number of nitrogens with zero attached hydrogens (tertiary/aromatic N) is 4. The first-order chi connectivity index (χ1) is 14.5. The van der Waals surface area contributed by atoms with Gasteiger partial charge in [-0.1, -0.05) is 42.0 Å². The maximum atomic E-state index is 12.9. The second-order valence-corrected chi connectivity index (χ2v) is 7.11. The molecule has 2 heterocycles. The Kier molecular flexibility index (Phi) is 5.26. The Bertz CT molecular complexity index is 1270. The number of hydrogen-bond donors (Lipinski definition) is 1. The number of nitrogens with one attached hydrogen (secondary N) is 1. The summed E-state index contributed by atoms with van der Waals surface area (Å²) < 4.78 is 3.31. The Morgan fingerprint density at radius 2 is 1.90 bits per heavy atom. The molecule has 0 unspecified atom stereocenters. The monoisotopic (exact) mass is 399 g/mol. The van der Waals surface area contributed by atoms with Gasteiger partial charge in [-0.2, -0.15) is 0 Å². The van der Waals surface area contributed by atoms with E-state index in [1.165, 1.54) is 10.6 Å². The highest BCUT2D eigenvalue weighted by molar-refractivity contribution is 6.05. The van der Waals surface area contributed by atoms with Gasteiger partial charge in [0.15, 0.2) is 5.82 Å². The first-order valence-electron chi connectivity index (χ1n) is 9.52. The van der Waals surface area contributed by atoms with Gasteiger partial charge in [0, 0.05) is 18.8 Å². The Morgan fingerprint density at radius 3 is 2.67 bits per heavy atom. The number of anilines is 1. The highest BCUT2D eigenvalue weighted by atomic mass is 16.2. The minimum atomic E-state index is -0.465. The smallest absolute Gasteiger partial charge is 0.263 e. The number of pyridine rings is 1. The maximum Gasteiger partial charge on any atom is 0.263 e. The third-order valence-corrected chi connectivity index (χ3v) is 4.83. The molecule has 2 aromatic carbocycles. The van der Waals surface area contributed by atoms with Gasteiger partial charge in [-0.3, -0.25) is 9.59 Å². The van der Waals surface area contributed by atoms with Crippen LogP contribution >= 0.6 is 0 Å². The van der Waals surface area contributed by atoms with Crippen molar-refractivity contribution in [2.24, 2.45) is 7.05 Å². The van der Waals surface area contributed by atoms with E-state index in [0.29, 0.717) is 18.1 Å². The number of rotatable bonds is 5. The van der Waals surface area contributed by atoms with Crippen LogP contribution in [0.25, 0.3) is 11.4 Å². The van der Waals surface area contributed by atoms with Crippen LogP contribution in [-0.2, 0) is 13.6 Å². The van der Waals surface area contributed by atoms with Crippen LogP contribution in [0.3, 0.4) is 0 Å². The van der Waals surface area contributed by atoms with Gasteiger partial charge >= 0.3 is 0 Å². The Morgan fingerprint density at radius 1 is 1.07 bits per heavy atom. The Balaban J connectivity index is 1.63. The molecule has 30 heavy (non-hydrogen) atoms. The van der Waals surface area contributed by atoms with E-state index in [4.69, 9.17) is 0 Å². The normalized spacial score (nSPS) is 10.7. The quantitative estimate of drug-likeness (QED) is 0.559. The lowest BCUT2D eigenvalue weighted by molar-refractivity contribution is 0.102. The van der Waals surface area contributed by atoms with Crippen molar-refractivity contribution in [1.29, 1.82) is 0 Å². The van der Waals surface area contributed by atoms with E-state index in [2.05, 4.69) is 15.5 Å². The number of hydrogen-bond acceptors (Lipinski definition) is 4. The molecule has 0 aliphatic carbocycles. The van der Waals surface area contributed by atoms with Crippen LogP contribution in [0.2, 0.25) is 0 Å². The molecular formula is C23H21N5O2. The van der Waals surface area contributed by atoms with Crippen LogP contribution in [0.4, 0.5) is 5.69 Å². The number of para-hydroxylation sites is 1. The fourth-order valence-corrected chi connectivity index (χ4v) is 3.35. The van der Waals surface area contributed by atoms with Crippen molar-refractivity contribution in [2.45, 2.75) is 13.5 Å². The zero-order chi connectivity index (χ0) is 21.1. The fraction of sp³-hybridized carbons (Fsp3) is 0.130. The van der Waals surface area contributed by atoms with Crippen LogP contribution in [0, 0.1) is 6.92 Å². The third-order valence-electron chi connectivity index (χ3n) is 4.83. The van der Waals surface area contributed by atoms with Gasteiger partial charge in [0.25, 0.3) is 11.5 Å². The molecule has 7 heteroatoms. The minimum Gasteiger partial charge on any atom is -0.321 e. The summed E-state index contributed by atoms with van der Waals surface area (Å²) >= 11 is 0. The number of carbonyl (C=O) groups excluding carboxylic acids is 1. The minimum absolute atomic E-state index is 0.0814. The summed E-state index contributed by atoms with van der Waals surface area (Å²) in [7, 11) is 1.83. The number of aryl methyl sites for hydroxylation is 2. The molecule has 0 radical (unpaired) electrons. The number of benzene rings is 2. The summed E-state index contributed by atoms with van der Waals surface area (Å²) in [5, 5.41) is 10.9. The van der Waals surface area contributed by atoms with Crippen molar-refractivity contribution >= 4 is 11.6 Å². The van der Waals surface area contributed by atoms with E-state index in [9.17, 15) is 9.59 Å². The predicted octanol–water partition coefficient (Wildman–Crippen LogP) is 3.25. The van der Waals surface area contributed by atoms with Gasteiger partial charge < -0.3 is 14.5 Å². The Hall–Kier alpha value is -4.00. The average Bonchev–Trinajstić information content (AvgIpc) is 3.15. The molecule has 0 saturated carbocycles. The summed E-state index contributed by atoms with van der Waals surface area (Å²) in [6.45, 7) is 2.40. The van der Waals surface area contributed by atoms with Gasteiger partial charge in [0.1, 0.15) is 11.9 Å². The molecule has 0 fully saturated rings. The highest BCUT2D eigenvalue weighted by Gasteiger charge is 2.16. The van der Waals surface area contributed by atoms with E-state index < -0.39 is 5.91 Å². The molecule has 150 valence electrons. The molecule has 7 nitrogen and oxygen atoms in total. The fourth-order valence-electron chi connectivity index (χ4n) is 3.35. The molecule has 4 rings (SSSR count). The molecule has 0 bridgehead atoms. The number of amides is 1. The van der Waals surface area contributed by atoms with Crippen LogP contribution in [0.5, 0.6) is 0 Å². The maximum absolute atomic E-state index is 12.9. The topological polar surface area (TPSA) is 81.8 Å². The second-order valence-electron chi connectivity index (χ2n) is 7.11. The molecule has 1 amide bonds. The lowest BCUT2D eigenvalue weighted by Crippen LogP contribution is -2.29. The predicted molar refractivity (Wildman–Crippen MR) is 115 cm³/mol. The number of carbonyl (C=O) groups is 1. The SMILES string of the molecule is Cc1cccc(Cn2cccc(C(=O)Nc3ccccc3-c3nncn3C)c2=O)c1. The van der Waals surface area contributed by atoms with E-state index in [1.807, 2.05) is 56.4 Å². The van der Waals surface area contributed by atoms with Gasteiger partial charge in [-0.05, 0) is 36.8 Å². The van der Waals surface area contributed by atoms with Gasteiger partial charge in [0.05, 0.1) is 12.2 Å². The molecule has 0 aliphatic heterocycles. The molecule has 4 aromatic rings. The molecule has 0 saturated heterocycles. The van der Waals surface area contributed by atoms with Crippen molar-refractivity contribution in [3.8, 4) is 11.4 Å². The van der Waals surface area contributed by atoms with E-state index >= 15 is 0 Å². The van der Waals surface area contributed by atoms with Crippen LogP contribution in [0.15, 0.2) is 78.0 Å². The second kappa shape index (κ2) is 8.16. The summed E-state index contributed by atoms with van der Waals surface area (Å²) in [6, 6.07) is 18.5. The highest BCUT2D eigenvalue weighted by Crippen LogP contribution is 2.25. The standard InChI is InChI=1S/C23H21N5O2/c1-16-7-5-8-17(13-16)14-28-12-6-10-19(23(28)30)22(29)25-20-11-4-3-9-18(20)21-26-24-15-27(21)2/h3-13,15H,14H2,1-2H3,(H,25,29). The average molecular weight is 399 g/mol. The van der Waals surface area contributed by atoms with Gasteiger partial charge in [-0.25, -0.2) is 0 Å². The van der Waals surface area contributed by atoms with Crippen molar-refractivity contribution in [2.75, 3.05) is 5.32 Å². The number of aromatic nitrogens is 4.